The van der Waals surface area contributed by atoms with E-state index in [0.717, 1.165) is 0 Å². The first-order valence-electron chi connectivity index (χ1n) is 6.91. The highest BCUT2D eigenvalue weighted by molar-refractivity contribution is 5.66. The Morgan fingerprint density at radius 1 is 1.52 bits per heavy atom. The zero-order valence-electron chi connectivity index (χ0n) is 12.2. The number of nitrogen functional groups attached to an aromatic ring is 1. The number of aromatic nitrogens is 3. The summed E-state index contributed by atoms with van der Waals surface area (Å²) in [6.07, 6.45) is 0.633. The van der Waals surface area contributed by atoms with Gasteiger partial charge in [0.05, 0.1) is 18.4 Å². The van der Waals surface area contributed by atoms with Crippen molar-refractivity contribution in [3.05, 3.63) is 23.9 Å². The Bertz CT molecular complexity index is 685. The quantitative estimate of drug-likeness (QED) is 0.877. The van der Waals surface area contributed by atoms with Gasteiger partial charge in [-0.15, -0.1) is 0 Å². The predicted molar refractivity (Wildman–Crippen MR) is 75.0 cm³/mol. The van der Waals surface area contributed by atoms with Gasteiger partial charge >= 0.3 is 0 Å². The number of nitrogens with two attached hydrogens (primary N) is 1. The van der Waals surface area contributed by atoms with Crippen LogP contribution in [0, 0.1) is 17.2 Å². The smallest absolute Gasteiger partial charge is 0.154 e. The number of anilines is 1. The second-order valence-corrected chi connectivity index (χ2v) is 6.17. The summed E-state index contributed by atoms with van der Waals surface area (Å²) < 4.78 is 21.6. The van der Waals surface area contributed by atoms with Gasteiger partial charge in [-0.25, -0.2) is 13.9 Å². The number of fused-ring (bicyclic) bond motifs is 1. The van der Waals surface area contributed by atoms with E-state index in [1.807, 2.05) is 20.8 Å². The molecular formula is C14H19FN4O2. The summed E-state index contributed by atoms with van der Waals surface area (Å²) in [5.41, 5.74) is 6.20. The highest BCUT2D eigenvalue weighted by atomic mass is 19.1. The lowest BCUT2D eigenvalue weighted by Crippen LogP contribution is -2.27. The molecule has 0 aromatic carbocycles. The van der Waals surface area contributed by atoms with Crippen molar-refractivity contribution in [1.82, 2.24) is 14.6 Å². The molecule has 3 atom stereocenters. The third-order valence-electron chi connectivity index (χ3n) is 4.73. The minimum absolute atomic E-state index is 0.0655. The Balaban J connectivity index is 2.15. The molecule has 0 unspecified atom stereocenters. The normalized spacial score (nSPS) is 28.3. The molecule has 1 aliphatic rings. The van der Waals surface area contributed by atoms with E-state index < -0.39 is 5.82 Å². The summed E-state index contributed by atoms with van der Waals surface area (Å²) in [4.78, 5) is 3.82. The van der Waals surface area contributed by atoms with Gasteiger partial charge in [-0.1, -0.05) is 20.8 Å². The van der Waals surface area contributed by atoms with Crippen LogP contribution < -0.4 is 5.73 Å². The van der Waals surface area contributed by atoms with Gasteiger partial charge < -0.3 is 15.6 Å². The summed E-state index contributed by atoms with van der Waals surface area (Å²) in [6.45, 7) is 6.04. The van der Waals surface area contributed by atoms with Crippen molar-refractivity contribution >= 4 is 11.3 Å². The largest absolute Gasteiger partial charge is 0.394 e. The van der Waals surface area contributed by atoms with Gasteiger partial charge in [0.25, 0.3) is 0 Å². The summed E-state index contributed by atoms with van der Waals surface area (Å²) >= 11 is 0. The first-order chi connectivity index (χ1) is 9.87. The monoisotopic (exact) mass is 294 g/mol. The van der Waals surface area contributed by atoms with E-state index in [2.05, 4.69) is 10.1 Å². The average Bonchev–Trinajstić information content (AvgIpc) is 2.87. The number of aliphatic hydroxyl groups is 1. The minimum atomic E-state index is -0.470. The Morgan fingerprint density at radius 3 is 2.86 bits per heavy atom. The number of hydrogen-bond donors (Lipinski definition) is 2. The number of aliphatic hydroxyl groups excluding tert-OH is 1. The van der Waals surface area contributed by atoms with Crippen molar-refractivity contribution in [3.63, 3.8) is 0 Å². The topological polar surface area (TPSA) is 85.7 Å². The Kier molecular flexibility index (Phi) is 3.14. The highest BCUT2D eigenvalue weighted by Crippen LogP contribution is 2.51. The molecule has 0 radical (unpaired) electrons. The van der Waals surface area contributed by atoms with E-state index in [1.54, 1.807) is 0 Å². The Morgan fingerprint density at radius 2 is 2.24 bits per heavy atom. The molecule has 2 aromatic rings. The lowest BCUT2D eigenvalue weighted by atomic mass is 9.75. The van der Waals surface area contributed by atoms with Gasteiger partial charge in [0.2, 0.25) is 0 Å². The molecular weight excluding hydrogens is 275 g/mol. The number of nitrogens with zero attached hydrogens (tertiary/aromatic N) is 3. The number of halogens is 1. The molecule has 2 aromatic heterocycles. The molecule has 114 valence electrons. The van der Waals surface area contributed by atoms with Crippen molar-refractivity contribution in [2.24, 2.45) is 11.3 Å². The first-order valence-corrected chi connectivity index (χ1v) is 6.91. The van der Waals surface area contributed by atoms with E-state index in [-0.39, 0.29) is 41.5 Å². The summed E-state index contributed by atoms with van der Waals surface area (Å²) in [5.74, 6) is -0.251. The van der Waals surface area contributed by atoms with Gasteiger partial charge in [-0.2, -0.15) is 5.10 Å². The SMILES string of the molecule is C[C@@H]1[C@@H](CO)O[C@@H](c2cc(F)c3c(N)ncnn23)C1(C)C. The molecule has 0 aliphatic carbocycles. The highest BCUT2D eigenvalue weighted by Gasteiger charge is 2.49. The second-order valence-electron chi connectivity index (χ2n) is 6.17. The van der Waals surface area contributed by atoms with Crippen LogP contribution in [0.1, 0.15) is 32.6 Å². The van der Waals surface area contributed by atoms with Gasteiger partial charge in [-0.3, -0.25) is 0 Å². The molecule has 7 heteroatoms. The summed E-state index contributed by atoms with van der Waals surface area (Å²) in [7, 11) is 0. The molecule has 1 fully saturated rings. The van der Waals surface area contributed by atoms with Crippen LogP contribution in [-0.4, -0.2) is 32.4 Å². The van der Waals surface area contributed by atoms with Crippen molar-refractivity contribution < 1.29 is 14.2 Å². The van der Waals surface area contributed by atoms with Crippen LogP contribution in [0.15, 0.2) is 12.4 Å². The fraction of sp³-hybridized carbons (Fsp3) is 0.571. The van der Waals surface area contributed by atoms with Crippen molar-refractivity contribution in [2.45, 2.75) is 33.0 Å². The third kappa shape index (κ3) is 1.91. The average molecular weight is 294 g/mol. The van der Waals surface area contributed by atoms with Crippen molar-refractivity contribution in [1.29, 1.82) is 0 Å². The van der Waals surface area contributed by atoms with E-state index in [9.17, 15) is 9.50 Å². The number of rotatable bonds is 2. The number of ether oxygens (including phenoxy) is 1. The molecule has 1 saturated heterocycles. The van der Waals surface area contributed by atoms with Gasteiger partial charge in [-0.05, 0) is 5.92 Å². The van der Waals surface area contributed by atoms with E-state index >= 15 is 0 Å². The lowest BCUT2D eigenvalue weighted by Gasteiger charge is -2.28. The minimum Gasteiger partial charge on any atom is -0.394 e. The van der Waals surface area contributed by atoms with Gasteiger partial charge in [0, 0.05) is 11.5 Å². The fourth-order valence-electron chi connectivity index (χ4n) is 3.07. The summed E-state index contributed by atoms with van der Waals surface area (Å²) in [6, 6.07) is 1.39. The molecule has 6 nitrogen and oxygen atoms in total. The van der Waals surface area contributed by atoms with Crippen LogP contribution >= 0.6 is 0 Å². The van der Waals surface area contributed by atoms with Gasteiger partial charge in [0.1, 0.15) is 17.9 Å². The predicted octanol–water partition coefficient (Wildman–Crippen LogP) is 1.55. The molecule has 0 saturated carbocycles. The zero-order valence-corrected chi connectivity index (χ0v) is 12.2. The molecule has 1 aliphatic heterocycles. The van der Waals surface area contributed by atoms with Crippen LogP contribution in [-0.2, 0) is 4.74 Å². The molecule has 3 N–H and O–H groups in total. The van der Waals surface area contributed by atoms with E-state index in [1.165, 1.54) is 16.9 Å². The van der Waals surface area contributed by atoms with Crippen LogP contribution in [0.4, 0.5) is 10.2 Å². The standard InChI is InChI=1S/C14H19FN4O2/c1-7-10(5-20)21-12(14(7,2)3)9-4-8(15)11-13(16)17-6-18-19(9)11/h4,6-7,10,12,20H,5H2,1-3H3,(H2,16,17,18)/t7-,10-,12+/m1/s1. The Hall–Kier alpha value is -1.73. The number of hydrogen-bond acceptors (Lipinski definition) is 5. The molecule has 3 heterocycles. The molecule has 0 amide bonds. The van der Waals surface area contributed by atoms with Crippen LogP contribution in [0.2, 0.25) is 0 Å². The third-order valence-corrected chi connectivity index (χ3v) is 4.73. The molecule has 21 heavy (non-hydrogen) atoms. The molecule has 0 spiro atoms. The van der Waals surface area contributed by atoms with Crippen molar-refractivity contribution in [2.75, 3.05) is 12.3 Å². The zero-order chi connectivity index (χ0) is 15.4. The van der Waals surface area contributed by atoms with Crippen LogP contribution in [0.5, 0.6) is 0 Å². The van der Waals surface area contributed by atoms with Gasteiger partial charge in [0.15, 0.2) is 11.6 Å². The molecule has 3 rings (SSSR count). The van der Waals surface area contributed by atoms with Crippen LogP contribution in [0.3, 0.4) is 0 Å². The lowest BCUT2D eigenvalue weighted by molar-refractivity contribution is -0.0116. The first kappa shape index (κ1) is 14.2. The maximum atomic E-state index is 14.2. The maximum absolute atomic E-state index is 14.2. The van der Waals surface area contributed by atoms with E-state index in [0.29, 0.717) is 5.69 Å². The second kappa shape index (κ2) is 4.64. The summed E-state index contributed by atoms with van der Waals surface area (Å²) in [5, 5.41) is 13.5. The molecule has 0 bridgehead atoms. The van der Waals surface area contributed by atoms with E-state index in [4.69, 9.17) is 10.5 Å². The maximum Gasteiger partial charge on any atom is 0.154 e. The fourth-order valence-corrected chi connectivity index (χ4v) is 3.07. The Labute approximate surface area is 121 Å². The van der Waals surface area contributed by atoms with Crippen molar-refractivity contribution in [3.8, 4) is 0 Å². The van der Waals surface area contributed by atoms with Crippen LogP contribution in [0.25, 0.3) is 5.52 Å².